The molecule has 3 rings (SSSR count). The molecule has 1 aliphatic rings. The maximum Gasteiger partial charge on any atom is 0.311 e. The molecule has 9 heteroatoms. The van der Waals surface area contributed by atoms with Crippen molar-refractivity contribution in [2.45, 2.75) is 13.3 Å². The van der Waals surface area contributed by atoms with Gasteiger partial charge in [-0.15, -0.1) is 0 Å². The molecule has 1 N–H and O–H groups in total. The molecule has 0 amide bonds. The maximum atomic E-state index is 13.2. The highest BCUT2D eigenvalue weighted by Crippen LogP contribution is 2.12. The number of hydrogen-bond acceptors (Lipinski definition) is 6. The van der Waals surface area contributed by atoms with Crippen LogP contribution >= 0.6 is 0 Å². The van der Waals surface area contributed by atoms with E-state index in [4.69, 9.17) is 4.74 Å². The monoisotopic (exact) mass is 389 g/mol. The molecule has 0 saturated carbocycles. The molecule has 1 aromatic carbocycles. The molecule has 2 aromatic rings. The predicted molar refractivity (Wildman–Crippen MR) is 103 cm³/mol. The molecule has 0 bridgehead atoms. The topological polar surface area (TPSA) is 82.9 Å². The van der Waals surface area contributed by atoms with E-state index in [0.29, 0.717) is 22.7 Å². The van der Waals surface area contributed by atoms with Crippen LogP contribution < -0.4 is 5.56 Å². The quantitative estimate of drug-likeness (QED) is 0.609. The molecule has 1 aromatic heterocycles. The number of methoxy groups -OCH3 is 1. The Morgan fingerprint density at radius 1 is 1.21 bits per heavy atom. The van der Waals surface area contributed by atoms with Crippen molar-refractivity contribution in [1.29, 1.82) is 0 Å². The van der Waals surface area contributed by atoms with Crippen LogP contribution in [-0.4, -0.2) is 71.7 Å². The minimum absolute atomic E-state index is 0.0924. The van der Waals surface area contributed by atoms with E-state index in [-0.39, 0.29) is 12.0 Å². The van der Waals surface area contributed by atoms with Crippen molar-refractivity contribution in [2.24, 2.45) is 5.10 Å². The predicted octanol–water partition coefficient (Wildman–Crippen LogP) is 0.992. The van der Waals surface area contributed by atoms with Gasteiger partial charge in [0.2, 0.25) is 0 Å². The molecule has 0 spiro atoms. The van der Waals surface area contributed by atoms with Crippen LogP contribution in [0.1, 0.15) is 18.2 Å². The molecule has 0 aliphatic carbocycles. The lowest BCUT2D eigenvalue weighted by Crippen LogP contribution is -2.42. The van der Waals surface area contributed by atoms with Gasteiger partial charge in [0.1, 0.15) is 5.82 Å². The van der Waals surface area contributed by atoms with Gasteiger partial charge in [0.05, 0.1) is 36.2 Å². The summed E-state index contributed by atoms with van der Waals surface area (Å²) in [5, 5.41) is 9.47. The van der Waals surface area contributed by atoms with Gasteiger partial charge < -0.3 is 9.64 Å². The fourth-order valence-electron chi connectivity index (χ4n) is 3.13. The number of halogens is 1. The number of aromatic nitrogens is 2. The fraction of sp³-hybridized carbons (Fsp3) is 0.421. The number of aromatic amines is 1. The summed E-state index contributed by atoms with van der Waals surface area (Å²) in [7, 11) is 3.35. The van der Waals surface area contributed by atoms with Crippen molar-refractivity contribution < 1.29 is 13.9 Å². The molecule has 1 saturated heterocycles. The molecule has 2 heterocycles. The van der Waals surface area contributed by atoms with Gasteiger partial charge in [0.25, 0.3) is 5.56 Å². The Balaban J connectivity index is 2.01. The summed E-state index contributed by atoms with van der Waals surface area (Å²) in [5.41, 5.74) is 1.38. The lowest BCUT2D eigenvalue weighted by atomic mass is 10.1. The number of hydrazone groups is 1. The van der Waals surface area contributed by atoms with Crippen LogP contribution in [-0.2, 0) is 16.0 Å². The summed E-state index contributed by atoms with van der Waals surface area (Å²) in [6, 6.07) is 5.53. The summed E-state index contributed by atoms with van der Waals surface area (Å²) in [6.45, 7) is 5.05. The third kappa shape index (κ3) is 4.30. The van der Waals surface area contributed by atoms with Crippen LogP contribution in [0.15, 0.2) is 34.2 Å². The average Bonchev–Trinajstić information content (AvgIpc) is 3.00. The summed E-state index contributed by atoms with van der Waals surface area (Å²) in [4.78, 5) is 27.1. The van der Waals surface area contributed by atoms with Crippen molar-refractivity contribution in [1.82, 2.24) is 19.7 Å². The second-order valence-electron chi connectivity index (χ2n) is 6.78. The van der Waals surface area contributed by atoms with E-state index in [9.17, 15) is 14.0 Å². The number of carbonyl (C=O) groups excluding carboxylic acids is 1. The van der Waals surface area contributed by atoms with Crippen molar-refractivity contribution in [3.05, 3.63) is 51.7 Å². The van der Waals surface area contributed by atoms with Gasteiger partial charge in [-0.25, -0.2) is 9.07 Å². The maximum absolute atomic E-state index is 13.2. The van der Waals surface area contributed by atoms with Crippen LogP contribution in [0.25, 0.3) is 5.69 Å². The van der Waals surface area contributed by atoms with E-state index in [1.165, 1.54) is 36.1 Å². The van der Waals surface area contributed by atoms with Crippen LogP contribution in [0.2, 0.25) is 0 Å². The summed E-state index contributed by atoms with van der Waals surface area (Å²) >= 11 is 0. The van der Waals surface area contributed by atoms with Crippen molar-refractivity contribution in [3.8, 4) is 5.69 Å². The number of nitrogens with one attached hydrogen (secondary N) is 1. The first-order valence-corrected chi connectivity index (χ1v) is 9.04. The summed E-state index contributed by atoms with van der Waals surface area (Å²) < 4.78 is 19.3. The highest BCUT2D eigenvalue weighted by molar-refractivity contribution is 6.00. The standard InChI is InChI=1S/C19H24FN5O3/c1-13(21-24-10-8-23(2)9-11-24)18-16(12-17(26)28-3)22-25(19(18)27)15-6-4-14(20)5-7-15/h4-7,22H,8-12H2,1-3H3. The van der Waals surface area contributed by atoms with Gasteiger partial charge in [-0.2, -0.15) is 5.10 Å². The minimum Gasteiger partial charge on any atom is -0.469 e. The molecule has 0 atom stereocenters. The second-order valence-corrected chi connectivity index (χ2v) is 6.78. The highest BCUT2D eigenvalue weighted by atomic mass is 19.1. The van der Waals surface area contributed by atoms with Crippen LogP contribution in [0, 0.1) is 5.82 Å². The molecule has 1 fully saturated rings. The Morgan fingerprint density at radius 2 is 1.86 bits per heavy atom. The van der Waals surface area contributed by atoms with E-state index in [1.54, 1.807) is 6.92 Å². The lowest BCUT2D eigenvalue weighted by Gasteiger charge is -2.30. The molecular weight excluding hydrogens is 365 g/mol. The minimum atomic E-state index is -0.471. The fourth-order valence-corrected chi connectivity index (χ4v) is 3.13. The SMILES string of the molecule is COC(=O)Cc1[nH]n(-c2ccc(F)cc2)c(=O)c1C(C)=NN1CCN(C)CC1. The van der Waals surface area contributed by atoms with Crippen LogP contribution in [0.5, 0.6) is 0 Å². The Hall–Kier alpha value is -2.94. The summed E-state index contributed by atoms with van der Waals surface area (Å²) in [5.74, 6) is -0.868. The molecule has 0 radical (unpaired) electrons. The molecule has 1 aliphatic heterocycles. The Kier molecular flexibility index (Phi) is 5.93. The smallest absolute Gasteiger partial charge is 0.311 e. The first-order chi connectivity index (χ1) is 13.4. The van der Waals surface area contributed by atoms with E-state index in [2.05, 4.69) is 22.1 Å². The second kappa shape index (κ2) is 8.39. The number of ether oxygens (including phenoxy) is 1. The van der Waals surface area contributed by atoms with Gasteiger partial charge in [0.15, 0.2) is 0 Å². The zero-order valence-electron chi connectivity index (χ0n) is 16.2. The van der Waals surface area contributed by atoms with E-state index < -0.39 is 11.8 Å². The van der Waals surface area contributed by atoms with Crippen molar-refractivity contribution >= 4 is 11.7 Å². The number of piperazine rings is 1. The third-order valence-electron chi connectivity index (χ3n) is 4.73. The molecule has 150 valence electrons. The molecule has 8 nitrogen and oxygen atoms in total. The van der Waals surface area contributed by atoms with Crippen molar-refractivity contribution in [2.75, 3.05) is 40.3 Å². The number of esters is 1. The molecular formula is C19H24FN5O3. The zero-order chi connectivity index (χ0) is 20.3. The van der Waals surface area contributed by atoms with E-state index in [0.717, 1.165) is 26.2 Å². The average molecular weight is 389 g/mol. The van der Waals surface area contributed by atoms with Crippen LogP contribution in [0.3, 0.4) is 0 Å². The number of benzene rings is 1. The van der Waals surface area contributed by atoms with E-state index >= 15 is 0 Å². The number of carbonyl (C=O) groups is 1. The Labute approximate surface area is 162 Å². The van der Waals surface area contributed by atoms with E-state index in [1.807, 2.05) is 5.01 Å². The van der Waals surface area contributed by atoms with Crippen molar-refractivity contribution in [3.63, 3.8) is 0 Å². The van der Waals surface area contributed by atoms with Gasteiger partial charge in [0, 0.05) is 26.2 Å². The van der Waals surface area contributed by atoms with Gasteiger partial charge in [-0.3, -0.25) is 19.7 Å². The number of H-pyrrole nitrogens is 1. The normalized spacial score (nSPS) is 15.7. The van der Waals surface area contributed by atoms with Crippen LogP contribution in [0.4, 0.5) is 4.39 Å². The van der Waals surface area contributed by atoms with Gasteiger partial charge >= 0.3 is 5.97 Å². The van der Waals surface area contributed by atoms with Gasteiger partial charge in [-0.1, -0.05) is 0 Å². The first kappa shape index (κ1) is 19.8. The number of likely N-dealkylation sites (N-methyl/N-ethyl adjacent to an activating group) is 1. The third-order valence-corrected chi connectivity index (χ3v) is 4.73. The zero-order valence-corrected chi connectivity index (χ0v) is 16.2. The Morgan fingerprint density at radius 3 is 2.46 bits per heavy atom. The summed E-state index contributed by atoms with van der Waals surface area (Å²) in [6.07, 6.45) is -0.0924. The number of nitrogens with zero attached hydrogens (tertiary/aromatic N) is 4. The highest BCUT2D eigenvalue weighted by Gasteiger charge is 2.21. The number of hydrogen-bond donors (Lipinski definition) is 1. The largest absolute Gasteiger partial charge is 0.469 e. The number of rotatable bonds is 5. The Bertz CT molecular complexity index is 924. The molecule has 0 unspecified atom stereocenters. The lowest BCUT2D eigenvalue weighted by molar-refractivity contribution is -0.139. The first-order valence-electron chi connectivity index (χ1n) is 9.04. The van der Waals surface area contributed by atoms with Gasteiger partial charge in [-0.05, 0) is 38.2 Å². The molecule has 28 heavy (non-hydrogen) atoms.